The third-order valence-electron chi connectivity index (χ3n) is 11.8. The van der Waals surface area contributed by atoms with Gasteiger partial charge in [0.15, 0.2) is 0 Å². The lowest BCUT2D eigenvalue weighted by Crippen LogP contribution is -2.52. The second kappa shape index (κ2) is 27.7. The predicted molar refractivity (Wildman–Crippen MR) is 255 cm³/mol. The first-order chi connectivity index (χ1) is 32.0. The van der Waals surface area contributed by atoms with Crippen molar-refractivity contribution in [1.29, 1.82) is 0 Å². The molecule has 0 fully saturated rings. The minimum atomic E-state index is -5.70. The fraction of sp³-hybridized carbons (Fsp3) is 0.667. The first kappa shape index (κ1) is 57.9. The first-order valence-corrected chi connectivity index (χ1v) is 25.4. The van der Waals surface area contributed by atoms with E-state index < -0.39 is 101 Å². The monoisotopic (exact) mass is 1000 g/mol. The molecule has 0 spiro atoms. The average molecular weight is 1010 g/mol. The zero-order valence-corrected chi connectivity index (χ0v) is 41.6. The van der Waals surface area contributed by atoms with Crippen LogP contribution < -0.4 is 32.3 Å². The zero-order chi connectivity index (χ0) is 50.7. The van der Waals surface area contributed by atoms with E-state index in [0.717, 1.165) is 43.4 Å². The summed E-state index contributed by atoms with van der Waals surface area (Å²) in [6, 6.07) is 0.801. The van der Waals surface area contributed by atoms with E-state index in [1.165, 1.54) is 104 Å². The van der Waals surface area contributed by atoms with Gasteiger partial charge in [0.05, 0.1) is 30.8 Å². The molecule has 7 N–H and O–H groups in total. The number of amides is 6. The number of unbranched alkanes of at least 4 members (excludes halogenated alkanes) is 15. The number of aryl methyl sites for hydroxylation is 4. The van der Waals surface area contributed by atoms with Crippen molar-refractivity contribution in [3.8, 4) is 0 Å². The molecule has 12 nitrogen and oxygen atoms in total. The van der Waals surface area contributed by atoms with Crippen molar-refractivity contribution >= 4 is 69.3 Å². The minimum absolute atomic E-state index is 0.0676. The minimum Gasteiger partial charge on any atom is -0.368 e. The Kier molecular flexibility index (Phi) is 23.5. The summed E-state index contributed by atoms with van der Waals surface area (Å²) in [4.78, 5) is 72.6. The molecule has 0 aliphatic heterocycles. The lowest BCUT2D eigenvalue weighted by Gasteiger charge is -2.25. The number of primary amides is 1. The summed E-state index contributed by atoms with van der Waals surface area (Å²) < 4.78 is 93.3. The number of hydrogen-bond acceptors (Lipinski definition) is 8. The molecule has 6 amide bonds. The van der Waals surface area contributed by atoms with Crippen LogP contribution in [0.3, 0.4) is 0 Å². The van der Waals surface area contributed by atoms with Gasteiger partial charge in [0.1, 0.15) is 12.1 Å². The standard InChI is InChI=1S/C48H70F6N6O6S2/c1-6-7-8-9-10-11-12-13-14-15-16-17-18-19-20-21-22-34-25-30(2)42(67-34)40-41(47(51,52)48(53,54)46(40,49)50)43-31(3)26-35(68-43)23-24-37(62)56-28-38(63)59-33(5)45(66)58-29-39(64)60-32(4)44(65)57-27-36(55)61/h25-26,32-33H,6-24,27-29H2,1-5H3,(H2,55,61)(H,56,62)(H,57,65)(H,58,66)(H,59,63)(H,60,64)/t32-,33-/m0/s1. The Balaban J connectivity index is 1.52. The highest BCUT2D eigenvalue weighted by molar-refractivity contribution is 7.14. The molecule has 382 valence electrons. The van der Waals surface area contributed by atoms with E-state index in [-0.39, 0.29) is 28.8 Å². The number of rotatable bonds is 32. The third kappa shape index (κ3) is 16.9. The van der Waals surface area contributed by atoms with Gasteiger partial charge in [-0.1, -0.05) is 103 Å². The molecule has 0 bridgehead atoms. The lowest BCUT2D eigenvalue weighted by molar-refractivity contribution is -0.254. The smallest absolute Gasteiger partial charge is 0.368 e. The normalized spacial score (nSPS) is 15.7. The van der Waals surface area contributed by atoms with Crippen molar-refractivity contribution in [2.75, 3.05) is 19.6 Å². The Labute approximate surface area is 404 Å². The Morgan fingerprint density at radius 3 is 1.32 bits per heavy atom. The van der Waals surface area contributed by atoms with E-state index >= 15 is 26.3 Å². The highest BCUT2D eigenvalue weighted by atomic mass is 32.1. The van der Waals surface area contributed by atoms with Crippen molar-refractivity contribution in [2.45, 2.75) is 186 Å². The van der Waals surface area contributed by atoms with Gasteiger partial charge in [0.25, 0.3) is 0 Å². The third-order valence-corrected chi connectivity index (χ3v) is 14.4. The Morgan fingerprint density at radius 2 is 0.912 bits per heavy atom. The van der Waals surface area contributed by atoms with E-state index in [9.17, 15) is 28.8 Å². The van der Waals surface area contributed by atoms with Gasteiger partial charge in [-0.2, -0.15) is 26.3 Å². The van der Waals surface area contributed by atoms with Crippen molar-refractivity contribution in [1.82, 2.24) is 26.6 Å². The van der Waals surface area contributed by atoms with Crippen LogP contribution in [0.1, 0.15) is 161 Å². The quantitative estimate of drug-likeness (QED) is 0.0314. The number of thiophene rings is 2. The summed E-state index contributed by atoms with van der Waals surface area (Å²) in [5, 5.41) is 11.5. The number of nitrogens with two attached hydrogens (primary N) is 1. The number of carbonyl (C=O) groups excluding carboxylic acids is 6. The van der Waals surface area contributed by atoms with Gasteiger partial charge in [-0.15, -0.1) is 22.7 Å². The second-order valence-corrected chi connectivity index (χ2v) is 20.0. The highest BCUT2D eigenvalue weighted by Crippen LogP contribution is 2.66. The molecule has 0 radical (unpaired) electrons. The van der Waals surface area contributed by atoms with Crippen molar-refractivity contribution < 1.29 is 55.1 Å². The molecule has 2 aromatic rings. The van der Waals surface area contributed by atoms with Gasteiger partial charge in [0, 0.05) is 25.9 Å². The molecule has 0 saturated carbocycles. The van der Waals surface area contributed by atoms with Gasteiger partial charge in [-0.05, 0) is 70.2 Å². The van der Waals surface area contributed by atoms with E-state index in [1.807, 2.05) is 0 Å². The van der Waals surface area contributed by atoms with Gasteiger partial charge in [-0.3, -0.25) is 28.8 Å². The van der Waals surface area contributed by atoms with Crippen LogP contribution in [0.25, 0.3) is 11.1 Å². The maximum atomic E-state index is 15.7. The van der Waals surface area contributed by atoms with Crippen molar-refractivity contribution in [2.24, 2.45) is 5.73 Å². The molecule has 2 atom stereocenters. The van der Waals surface area contributed by atoms with Crippen LogP contribution in [0.4, 0.5) is 26.3 Å². The van der Waals surface area contributed by atoms with Crippen LogP contribution in [-0.2, 0) is 41.6 Å². The van der Waals surface area contributed by atoms with Crippen LogP contribution in [0.2, 0.25) is 0 Å². The molecule has 1 aliphatic rings. The Morgan fingerprint density at radius 1 is 0.544 bits per heavy atom. The molecule has 20 heteroatoms. The van der Waals surface area contributed by atoms with Gasteiger partial charge >= 0.3 is 17.8 Å². The second-order valence-electron chi connectivity index (χ2n) is 17.7. The lowest BCUT2D eigenvalue weighted by atomic mass is 10.0. The van der Waals surface area contributed by atoms with Crippen LogP contribution in [0, 0.1) is 13.8 Å². The number of alkyl halides is 6. The molecule has 0 aromatic carbocycles. The molecule has 0 unspecified atom stereocenters. The maximum absolute atomic E-state index is 15.7. The summed E-state index contributed by atoms with van der Waals surface area (Å²) in [7, 11) is 0. The largest absolute Gasteiger partial charge is 0.380 e. The number of carbonyl (C=O) groups is 6. The number of nitrogens with one attached hydrogen (secondary N) is 5. The molecular formula is C48H70F6N6O6S2. The summed E-state index contributed by atoms with van der Waals surface area (Å²) in [6.07, 6.45) is 19.2. The van der Waals surface area contributed by atoms with E-state index in [0.29, 0.717) is 27.5 Å². The maximum Gasteiger partial charge on any atom is 0.380 e. The van der Waals surface area contributed by atoms with Crippen LogP contribution in [0.5, 0.6) is 0 Å². The summed E-state index contributed by atoms with van der Waals surface area (Å²) in [5.74, 6) is -20.5. The Bertz CT molecular complexity index is 2060. The first-order valence-electron chi connectivity index (χ1n) is 23.8. The topological polar surface area (TPSA) is 189 Å². The van der Waals surface area contributed by atoms with E-state index in [4.69, 9.17) is 5.73 Å². The zero-order valence-electron chi connectivity index (χ0n) is 40.0. The molecule has 2 aromatic heterocycles. The molecule has 2 heterocycles. The van der Waals surface area contributed by atoms with Gasteiger partial charge < -0.3 is 32.3 Å². The Hall–Kier alpha value is -4.46. The van der Waals surface area contributed by atoms with Crippen LogP contribution >= 0.6 is 22.7 Å². The van der Waals surface area contributed by atoms with Crippen LogP contribution in [0.15, 0.2) is 12.1 Å². The fourth-order valence-corrected chi connectivity index (χ4v) is 10.4. The van der Waals surface area contributed by atoms with Gasteiger partial charge in [0.2, 0.25) is 35.4 Å². The predicted octanol–water partition coefficient (Wildman–Crippen LogP) is 8.84. The van der Waals surface area contributed by atoms with Crippen molar-refractivity contribution in [3.63, 3.8) is 0 Å². The average Bonchev–Trinajstić information content (AvgIpc) is 3.86. The summed E-state index contributed by atoms with van der Waals surface area (Å²) in [6.45, 7) is 6.14. The molecule has 0 saturated heterocycles. The number of halogens is 6. The number of hydrogen-bond donors (Lipinski definition) is 6. The molecule has 68 heavy (non-hydrogen) atoms. The summed E-state index contributed by atoms with van der Waals surface area (Å²) >= 11 is 1.48. The molecule has 3 rings (SSSR count). The SMILES string of the molecule is CCCCCCCCCCCCCCCCCCc1cc(C)c(C2=C(c3sc(CCC(=O)NCC(=O)N[C@@H](C)C(=O)NCC(=O)N[C@@H](C)C(=O)NCC(N)=O)cc3C)C(F)(F)C(F)(F)C2(F)F)s1. The van der Waals surface area contributed by atoms with Gasteiger partial charge in [-0.25, -0.2) is 0 Å². The fourth-order valence-electron chi connectivity index (χ4n) is 7.89. The van der Waals surface area contributed by atoms with Crippen LogP contribution in [-0.4, -0.2) is 84.9 Å². The van der Waals surface area contributed by atoms with E-state index in [2.05, 4.69) is 33.5 Å². The summed E-state index contributed by atoms with van der Waals surface area (Å²) in [5.41, 5.74) is 2.45. The number of allylic oxidation sites excluding steroid dienone is 2. The molecule has 1 aliphatic carbocycles. The van der Waals surface area contributed by atoms with Crippen molar-refractivity contribution in [3.05, 3.63) is 42.8 Å². The highest BCUT2D eigenvalue weighted by Gasteiger charge is 2.80. The molecular weight excluding hydrogens is 935 g/mol. The van der Waals surface area contributed by atoms with E-state index in [1.54, 1.807) is 6.07 Å².